The maximum atomic E-state index is 12.7. The van der Waals surface area contributed by atoms with E-state index < -0.39 is 11.5 Å². The number of amides is 1. The zero-order valence-electron chi connectivity index (χ0n) is 11.6. The summed E-state index contributed by atoms with van der Waals surface area (Å²) in [7, 11) is 0. The van der Waals surface area contributed by atoms with Crippen LogP contribution in [0, 0.1) is 0 Å². The molecule has 1 aromatic heterocycles. The van der Waals surface area contributed by atoms with Gasteiger partial charge in [-0.15, -0.1) is 11.8 Å². The number of likely N-dealkylation sites (tertiary alicyclic amines) is 1. The number of nitrogens with zero attached hydrogens (tertiary/aromatic N) is 2. The lowest BCUT2D eigenvalue weighted by Crippen LogP contribution is -2.57. The zero-order chi connectivity index (χ0) is 14.8. The van der Waals surface area contributed by atoms with Crippen molar-refractivity contribution in [3.8, 4) is 0 Å². The summed E-state index contributed by atoms with van der Waals surface area (Å²) < 4.78 is 0. The normalized spacial score (nSPS) is 22.6. The van der Waals surface area contributed by atoms with Crippen molar-refractivity contribution in [2.45, 2.75) is 36.8 Å². The van der Waals surface area contributed by atoms with Gasteiger partial charge in [-0.3, -0.25) is 4.79 Å². The van der Waals surface area contributed by atoms with Crippen molar-refractivity contribution in [2.75, 3.05) is 12.8 Å². The minimum Gasteiger partial charge on any atom is -0.480 e. The molecule has 1 atom stereocenters. The predicted molar refractivity (Wildman–Crippen MR) is 76.9 cm³/mol. The SMILES string of the molecule is CSc1ncccc1C(=O)N1CCCCC1(C)C(=O)O. The number of carboxylic acids is 1. The Hall–Kier alpha value is -1.56. The molecule has 1 saturated heterocycles. The van der Waals surface area contributed by atoms with E-state index in [1.165, 1.54) is 16.7 Å². The van der Waals surface area contributed by atoms with Crippen LogP contribution >= 0.6 is 11.8 Å². The van der Waals surface area contributed by atoms with Crippen molar-refractivity contribution in [1.82, 2.24) is 9.88 Å². The van der Waals surface area contributed by atoms with Gasteiger partial charge in [0.1, 0.15) is 10.6 Å². The Labute approximate surface area is 122 Å². The molecule has 1 aliphatic rings. The molecule has 20 heavy (non-hydrogen) atoms. The van der Waals surface area contributed by atoms with Crippen LogP contribution in [0.25, 0.3) is 0 Å². The van der Waals surface area contributed by atoms with E-state index in [2.05, 4.69) is 4.98 Å². The van der Waals surface area contributed by atoms with Gasteiger partial charge in [0.15, 0.2) is 0 Å². The molecule has 2 heterocycles. The molecule has 0 aromatic carbocycles. The molecule has 1 amide bonds. The first-order valence-corrected chi connectivity index (χ1v) is 7.77. The van der Waals surface area contributed by atoms with Gasteiger partial charge in [-0.05, 0) is 44.6 Å². The van der Waals surface area contributed by atoms with E-state index in [1.807, 2.05) is 6.26 Å². The van der Waals surface area contributed by atoms with Crippen LogP contribution in [-0.2, 0) is 4.79 Å². The Morgan fingerprint density at radius 3 is 2.85 bits per heavy atom. The van der Waals surface area contributed by atoms with E-state index in [0.717, 1.165) is 12.8 Å². The fraction of sp³-hybridized carbons (Fsp3) is 0.500. The van der Waals surface area contributed by atoms with Gasteiger partial charge in [-0.2, -0.15) is 0 Å². The maximum Gasteiger partial charge on any atom is 0.329 e. The summed E-state index contributed by atoms with van der Waals surface area (Å²) in [5.41, 5.74) is -0.643. The quantitative estimate of drug-likeness (QED) is 0.866. The van der Waals surface area contributed by atoms with Crippen molar-refractivity contribution in [3.63, 3.8) is 0 Å². The Morgan fingerprint density at radius 1 is 1.45 bits per heavy atom. The van der Waals surface area contributed by atoms with Gasteiger partial charge in [0.2, 0.25) is 0 Å². The van der Waals surface area contributed by atoms with Gasteiger partial charge in [-0.25, -0.2) is 9.78 Å². The van der Waals surface area contributed by atoms with Crippen LogP contribution in [0.15, 0.2) is 23.4 Å². The number of thioether (sulfide) groups is 1. The lowest BCUT2D eigenvalue weighted by atomic mass is 9.88. The van der Waals surface area contributed by atoms with E-state index in [9.17, 15) is 14.7 Å². The summed E-state index contributed by atoms with van der Waals surface area (Å²) >= 11 is 1.39. The highest BCUT2D eigenvalue weighted by molar-refractivity contribution is 7.98. The summed E-state index contributed by atoms with van der Waals surface area (Å²) in [6.45, 7) is 2.10. The Kier molecular flexibility index (Phi) is 4.32. The lowest BCUT2D eigenvalue weighted by molar-refractivity contribution is -0.150. The Bertz CT molecular complexity index is 535. The number of carbonyl (C=O) groups is 2. The second-order valence-corrected chi connectivity index (χ2v) is 5.85. The van der Waals surface area contributed by atoms with Crippen LogP contribution in [0.1, 0.15) is 36.5 Å². The van der Waals surface area contributed by atoms with E-state index >= 15 is 0 Å². The summed E-state index contributed by atoms with van der Waals surface area (Å²) in [6.07, 6.45) is 5.64. The number of hydrogen-bond donors (Lipinski definition) is 1. The molecule has 0 radical (unpaired) electrons. The van der Waals surface area contributed by atoms with Crippen LogP contribution in [-0.4, -0.2) is 45.2 Å². The fourth-order valence-corrected chi connectivity index (χ4v) is 3.07. The molecule has 108 valence electrons. The molecule has 1 aromatic rings. The van der Waals surface area contributed by atoms with Crippen LogP contribution < -0.4 is 0 Å². The van der Waals surface area contributed by atoms with Crippen molar-refractivity contribution >= 4 is 23.6 Å². The molecule has 0 saturated carbocycles. The van der Waals surface area contributed by atoms with Crippen LogP contribution in [0.5, 0.6) is 0 Å². The van der Waals surface area contributed by atoms with Gasteiger partial charge >= 0.3 is 5.97 Å². The van der Waals surface area contributed by atoms with Crippen LogP contribution in [0.4, 0.5) is 0 Å². The van der Waals surface area contributed by atoms with E-state index in [-0.39, 0.29) is 5.91 Å². The van der Waals surface area contributed by atoms with Gasteiger partial charge in [0.25, 0.3) is 5.91 Å². The Morgan fingerprint density at radius 2 is 2.20 bits per heavy atom. The molecule has 0 spiro atoms. The molecular weight excluding hydrogens is 276 g/mol. The highest BCUT2D eigenvalue weighted by Crippen LogP contribution is 2.31. The number of piperidine rings is 1. The fourth-order valence-electron chi connectivity index (χ4n) is 2.53. The number of rotatable bonds is 3. The summed E-state index contributed by atoms with van der Waals surface area (Å²) in [5, 5.41) is 10.1. The first kappa shape index (κ1) is 14.8. The number of carbonyl (C=O) groups excluding carboxylic acids is 1. The zero-order valence-corrected chi connectivity index (χ0v) is 12.4. The second-order valence-electron chi connectivity index (χ2n) is 5.05. The van der Waals surface area contributed by atoms with Crippen LogP contribution in [0.2, 0.25) is 0 Å². The number of hydrogen-bond acceptors (Lipinski definition) is 4. The van der Waals surface area contributed by atoms with Crippen molar-refractivity contribution in [3.05, 3.63) is 23.9 Å². The van der Waals surface area contributed by atoms with Gasteiger partial charge in [0.05, 0.1) is 5.56 Å². The lowest BCUT2D eigenvalue weighted by Gasteiger charge is -2.41. The molecule has 0 bridgehead atoms. The van der Waals surface area contributed by atoms with E-state index in [0.29, 0.717) is 23.6 Å². The third-order valence-corrected chi connectivity index (χ3v) is 4.50. The summed E-state index contributed by atoms with van der Waals surface area (Å²) in [4.78, 5) is 29.9. The van der Waals surface area contributed by atoms with E-state index in [1.54, 1.807) is 25.3 Å². The standard InChI is InChI=1S/C14H18N2O3S/c1-14(13(18)19)7-3-4-9-16(14)12(17)10-6-5-8-15-11(10)20-2/h5-6,8H,3-4,7,9H2,1-2H3,(H,18,19). The largest absolute Gasteiger partial charge is 0.480 e. The maximum absolute atomic E-state index is 12.7. The van der Waals surface area contributed by atoms with Crippen LogP contribution in [0.3, 0.4) is 0 Å². The highest BCUT2D eigenvalue weighted by Gasteiger charge is 2.44. The first-order valence-electron chi connectivity index (χ1n) is 6.55. The first-order chi connectivity index (χ1) is 9.50. The van der Waals surface area contributed by atoms with Gasteiger partial charge < -0.3 is 10.0 Å². The summed E-state index contributed by atoms with van der Waals surface area (Å²) in [5.74, 6) is -1.19. The van der Waals surface area contributed by atoms with E-state index in [4.69, 9.17) is 0 Å². The molecule has 0 aliphatic carbocycles. The number of pyridine rings is 1. The summed E-state index contributed by atoms with van der Waals surface area (Å²) in [6, 6.07) is 3.41. The molecule has 6 heteroatoms. The minimum absolute atomic E-state index is 0.243. The average Bonchev–Trinajstić information content (AvgIpc) is 2.47. The third kappa shape index (κ3) is 2.52. The molecule has 1 unspecified atom stereocenters. The van der Waals surface area contributed by atoms with Gasteiger partial charge in [-0.1, -0.05) is 0 Å². The van der Waals surface area contributed by atoms with Crippen molar-refractivity contribution < 1.29 is 14.7 Å². The minimum atomic E-state index is -1.12. The smallest absolute Gasteiger partial charge is 0.329 e. The topological polar surface area (TPSA) is 70.5 Å². The molecular formula is C14H18N2O3S. The van der Waals surface area contributed by atoms with Crippen molar-refractivity contribution in [2.24, 2.45) is 0 Å². The predicted octanol–water partition coefficient (Wildman–Crippen LogP) is 2.27. The second kappa shape index (κ2) is 5.83. The third-order valence-electron chi connectivity index (χ3n) is 3.79. The Balaban J connectivity index is 2.38. The van der Waals surface area contributed by atoms with Crippen molar-refractivity contribution in [1.29, 1.82) is 0 Å². The average molecular weight is 294 g/mol. The molecule has 5 nitrogen and oxygen atoms in total. The monoisotopic (exact) mass is 294 g/mol. The number of aliphatic carboxylic acids is 1. The highest BCUT2D eigenvalue weighted by atomic mass is 32.2. The molecule has 2 rings (SSSR count). The molecule has 1 aliphatic heterocycles. The number of aromatic nitrogens is 1. The van der Waals surface area contributed by atoms with Gasteiger partial charge in [0, 0.05) is 12.7 Å². The molecule has 1 fully saturated rings. The number of carboxylic acid groups (broad SMARTS) is 1. The molecule has 1 N–H and O–H groups in total.